The van der Waals surface area contributed by atoms with Gasteiger partial charge in [-0.25, -0.2) is 0 Å². The van der Waals surface area contributed by atoms with Gasteiger partial charge in [0.05, 0.1) is 22.5 Å². The molecule has 0 radical (unpaired) electrons. The summed E-state index contributed by atoms with van der Waals surface area (Å²) in [5.41, 5.74) is 3.19. The van der Waals surface area contributed by atoms with Crippen LogP contribution in [0.15, 0.2) is 16.8 Å². The first kappa shape index (κ1) is 22.9. The second-order valence-corrected chi connectivity index (χ2v) is 11.6. The average Bonchev–Trinajstić information content (AvgIpc) is 3.55. The van der Waals surface area contributed by atoms with Crippen LogP contribution in [0.1, 0.15) is 60.9 Å². The Morgan fingerprint density at radius 2 is 1.84 bits per heavy atom. The van der Waals surface area contributed by atoms with Crippen LogP contribution in [0, 0.1) is 17.8 Å². The molecule has 4 saturated carbocycles. The molecule has 10 nitrogen and oxygen atoms in total. The molecule has 1 saturated heterocycles. The van der Waals surface area contributed by atoms with E-state index in [1.807, 2.05) is 0 Å². The van der Waals surface area contributed by atoms with Gasteiger partial charge in [0.25, 0.3) is 17.6 Å². The molecule has 37 heavy (non-hydrogen) atoms. The number of anilines is 1. The van der Waals surface area contributed by atoms with Crippen LogP contribution in [0.4, 0.5) is 5.69 Å². The lowest BCUT2D eigenvalue weighted by Crippen LogP contribution is -2.59. The molecule has 2 aromatic rings. The van der Waals surface area contributed by atoms with Gasteiger partial charge in [-0.2, -0.15) is 4.98 Å². The molecule has 1 aliphatic heterocycles. The lowest BCUT2D eigenvalue weighted by molar-refractivity contribution is -0.130. The second kappa shape index (κ2) is 8.37. The minimum atomic E-state index is -0.491. The van der Waals surface area contributed by atoms with Crippen LogP contribution >= 0.6 is 0 Å². The molecule has 8 rings (SSSR count). The zero-order chi connectivity index (χ0) is 25.3. The highest BCUT2D eigenvalue weighted by Crippen LogP contribution is 2.56. The summed E-state index contributed by atoms with van der Waals surface area (Å²) in [7, 11) is 0. The molecule has 6 aliphatic rings. The monoisotopic (exact) mass is 504 g/mol. The number of carbonyl (C=O) groups excluding carboxylic acids is 2. The molecule has 0 aromatic carbocycles. The topological polar surface area (TPSA) is 125 Å². The molecular formula is C27H32N6O4. The number of hydrogen-bond acceptors (Lipinski definition) is 8. The van der Waals surface area contributed by atoms with E-state index in [9.17, 15) is 14.7 Å². The van der Waals surface area contributed by atoms with Gasteiger partial charge >= 0.3 is 0 Å². The number of rotatable bonds is 4. The number of piperazine rings is 1. The Hall–Kier alpha value is -3.27. The highest BCUT2D eigenvalue weighted by molar-refractivity contribution is 5.91. The maximum absolute atomic E-state index is 13.1. The quantitative estimate of drug-likeness (QED) is 0.650. The summed E-state index contributed by atoms with van der Waals surface area (Å²) >= 11 is 0. The molecule has 5 fully saturated rings. The summed E-state index contributed by atoms with van der Waals surface area (Å²) in [6, 6.07) is 0.276. The molecule has 3 heterocycles. The zero-order valence-electron chi connectivity index (χ0n) is 21.0. The van der Waals surface area contributed by atoms with Gasteiger partial charge in [-0.1, -0.05) is 17.3 Å². The Morgan fingerprint density at radius 3 is 2.54 bits per heavy atom. The van der Waals surface area contributed by atoms with E-state index >= 15 is 0 Å². The number of pyridine rings is 1. The Balaban J connectivity index is 1.16. The van der Waals surface area contributed by atoms with Crippen LogP contribution in [-0.2, 0) is 11.2 Å². The van der Waals surface area contributed by atoms with Gasteiger partial charge in [0, 0.05) is 57.3 Å². The Morgan fingerprint density at radius 1 is 1.11 bits per heavy atom. The number of nitrogens with zero attached hydrogens (tertiary/aromatic N) is 5. The SMILES string of the molecule is CC(=O)N1CCN(C(=O)c2noc(-c3cnc4c(c3NC3C5CC6CC3CC(O)(C6)C5)C=CC4)n2)CC1. The van der Waals surface area contributed by atoms with Crippen LogP contribution < -0.4 is 5.32 Å². The van der Waals surface area contributed by atoms with E-state index < -0.39 is 5.60 Å². The largest absolute Gasteiger partial charge is 0.390 e. The molecular weight excluding hydrogens is 472 g/mol. The van der Waals surface area contributed by atoms with Crippen molar-refractivity contribution in [1.29, 1.82) is 0 Å². The number of fused-ring (bicyclic) bond motifs is 1. The number of aromatic nitrogens is 3. The number of aliphatic hydroxyl groups is 1. The van der Waals surface area contributed by atoms with Crippen LogP contribution in [0.25, 0.3) is 17.5 Å². The standard InChI is InChI=1S/C27H32N6O4/c1-15(34)32-5-7-33(8-6-32)26(35)24-30-25(37-31-24)20-14-28-21-4-2-3-19(21)23(20)29-22-17-9-16-10-18(22)13-27(36,11-16)12-17/h2-3,14,16-18,22,36H,4-13H2,1H3,(H,28,29). The normalized spacial score (nSPS) is 31.6. The molecule has 2 unspecified atom stereocenters. The third-order valence-electron chi connectivity index (χ3n) is 9.21. The number of amides is 2. The predicted molar refractivity (Wildman–Crippen MR) is 134 cm³/mol. The summed E-state index contributed by atoms with van der Waals surface area (Å²) in [6.45, 7) is 3.43. The fraction of sp³-hybridized carbons (Fsp3) is 0.593. The van der Waals surface area contributed by atoms with E-state index in [2.05, 4.69) is 32.6 Å². The lowest BCUT2D eigenvalue weighted by Gasteiger charge is -2.58. The molecule has 2 N–H and O–H groups in total. The fourth-order valence-electron chi connectivity index (χ4n) is 7.68. The van der Waals surface area contributed by atoms with Gasteiger partial charge in [-0.15, -0.1) is 0 Å². The summed E-state index contributed by atoms with van der Waals surface area (Å²) in [5, 5.41) is 18.9. The van der Waals surface area contributed by atoms with Gasteiger partial charge in [0.1, 0.15) is 0 Å². The van der Waals surface area contributed by atoms with Crippen molar-refractivity contribution in [3.05, 3.63) is 29.4 Å². The first-order valence-electron chi connectivity index (χ1n) is 13.4. The zero-order valence-corrected chi connectivity index (χ0v) is 21.0. The van der Waals surface area contributed by atoms with Crippen molar-refractivity contribution < 1.29 is 19.2 Å². The van der Waals surface area contributed by atoms with E-state index in [0.717, 1.165) is 55.5 Å². The third kappa shape index (κ3) is 3.84. The summed E-state index contributed by atoms with van der Waals surface area (Å²) in [5.74, 6) is 1.51. The predicted octanol–water partition coefficient (Wildman–Crippen LogP) is 2.36. The first-order chi connectivity index (χ1) is 17.9. The minimum Gasteiger partial charge on any atom is -0.390 e. The highest BCUT2D eigenvalue weighted by Gasteiger charge is 2.55. The second-order valence-electron chi connectivity index (χ2n) is 11.6. The molecule has 2 amide bonds. The Labute approximate surface area is 215 Å². The van der Waals surface area contributed by atoms with Gasteiger partial charge in [0.2, 0.25) is 5.91 Å². The van der Waals surface area contributed by atoms with Crippen molar-refractivity contribution >= 4 is 23.6 Å². The van der Waals surface area contributed by atoms with Gasteiger partial charge in [0.15, 0.2) is 0 Å². The number of allylic oxidation sites excluding steroid dienone is 1. The van der Waals surface area contributed by atoms with Gasteiger partial charge < -0.3 is 24.7 Å². The first-order valence-corrected chi connectivity index (χ1v) is 13.4. The molecule has 4 bridgehead atoms. The van der Waals surface area contributed by atoms with Gasteiger partial charge in [-0.05, 0) is 49.9 Å². The van der Waals surface area contributed by atoms with E-state index in [1.54, 1.807) is 22.9 Å². The fourth-order valence-corrected chi connectivity index (χ4v) is 7.68. The van der Waals surface area contributed by atoms with Crippen molar-refractivity contribution in [3.8, 4) is 11.5 Å². The maximum Gasteiger partial charge on any atom is 0.295 e. The third-order valence-corrected chi connectivity index (χ3v) is 9.21. The highest BCUT2D eigenvalue weighted by atomic mass is 16.5. The van der Waals surface area contributed by atoms with E-state index in [4.69, 9.17) is 4.52 Å². The lowest BCUT2D eigenvalue weighted by atomic mass is 9.52. The van der Waals surface area contributed by atoms with Crippen LogP contribution in [0.3, 0.4) is 0 Å². The molecule has 10 heteroatoms. The molecule has 0 spiro atoms. The van der Waals surface area contributed by atoms with Crippen molar-refractivity contribution in [2.24, 2.45) is 17.8 Å². The summed E-state index contributed by atoms with van der Waals surface area (Å²) in [4.78, 5) is 37.2. The molecule has 2 aromatic heterocycles. The van der Waals surface area contributed by atoms with Gasteiger partial charge in [-0.3, -0.25) is 14.6 Å². The van der Waals surface area contributed by atoms with E-state index in [1.165, 1.54) is 0 Å². The van der Waals surface area contributed by atoms with Crippen LogP contribution in [0.2, 0.25) is 0 Å². The number of nitrogens with one attached hydrogen (secondary N) is 1. The molecule has 5 aliphatic carbocycles. The molecule has 194 valence electrons. The van der Waals surface area contributed by atoms with Crippen molar-refractivity contribution in [3.63, 3.8) is 0 Å². The van der Waals surface area contributed by atoms with Crippen molar-refractivity contribution in [2.75, 3.05) is 31.5 Å². The summed E-state index contributed by atoms with van der Waals surface area (Å²) in [6.07, 6.45) is 11.7. The number of carbonyl (C=O) groups is 2. The average molecular weight is 505 g/mol. The van der Waals surface area contributed by atoms with Crippen LogP contribution in [-0.4, -0.2) is 79.7 Å². The maximum atomic E-state index is 13.1. The minimum absolute atomic E-state index is 0.0143. The summed E-state index contributed by atoms with van der Waals surface area (Å²) < 4.78 is 5.63. The van der Waals surface area contributed by atoms with Crippen molar-refractivity contribution in [2.45, 2.75) is 57.1 Å². The smallest absolute Gasteiger partial charge is 0.295 e. The van der Waals surface area contributed by atoms with Crippen molar-refractivity contribution in [1.82, 2.24) is 24.9 Å². The molecule has 2 atom stereocenters. The van der Waals surface area contributed by atoms with E-state index in [-0.39, 0.29) is 29.6 Å². The van der Waals surface area contributed by atoms with E-state index in [0.29, 0.717) is 49.5 Å². The number of hydrogen-bond donors (Lipinski definition) is 2. The van der Waals surface area contributed by atoms with Crippen LogP contribution in [0.5, 0.6) is 0 Å². The Bertz CT molecular complexity index is 1280. The Kier molecular flexibility index (Phi) is 5.18.